The molecule has 0 saturated heterocycles. The molecule has 0 unspecified atom stereocenters. The maximum Gasteiger partial charge on any atom is 0.0333 e. The molecule has 4 rings (SSSR count). The van der Waals surface area contributed by atoms with Gasteiger partial charge in [0, 0.05) is 16.7 Å². The van der Waals surface area contributed by atoms with Gasteiger partial charge >= 0.3 is 0 Å². The lowest BCUT2D eigenvalue weighted by atomic mass is 9.93. The molecule has 0 aliphatic carbocycles. The van der Waals surface area contributed by atoms with Gasteiger partial charge in [0.15, 0.2) is 0 Å². The number of hydrogen-bond acceptors (Lipinski definition) is 0. The summed E-state index contributed by atoms with van der Waals surface area (Å²) >= 11 is 0. The molecule has 0 bridgehead atoms. The normalized spacial score (nSPS) is 10.4. The van der Waals surface area contributed by atoms with E-state index >= 15 is 0 Å². The van der Waals surface area contributed by atoms with Crippen LogP contribution < -0.4 is 0 Å². The third kappa shape index (κ3) is 4.29. The standard InChI is InChI=1S/C28H19/c1-4-11-23(12-5-1)19-21-26-17-10-18-27(22-20-24-13-6-2-7-14-24)28(26)25-15-8-3-9-16-25/h1-17,20,22H. The second kappa shape index (κ2) is 8.71. The number of benzene rings is 4. The van der Waals surface area contributed by atoms with Crippen molar-refractivity contribution in [1.82, 2.24) is 0 Å². The van der Waals surface area contributed by atoms with Gasteiger partial charge in [0.2, 0.25) is 0 Å². The van der Waals surface area contributed by atoms with Crippen LogP contribution in [-0.2, 0) is 0 Å². The van der Waals surface area contributed by atoms with Crippen molar-refractivity contribution in [3.63, 3.8) is 0 Å². The van der Waals surface area contributed by atoms with Gasteiger partial charge in [0.1, 0.15) is 0 Å². The second-order valence-corrected chi connectivity index (χ2v) is 6.41. The van der Waals surface area contributed by atoms with Crippen LogP contribution in [0.5, 0.6) is 0 Å². The average molecular weight is 355 g/mol. The molecule has 4 aromatic rings. The SMILES string of the molecule is C(#Cc1cc[c]c(C=Cc2ccccc2)c1-c1ccccc1)c1ccccc1. The van der Waals surface area contributed by atoms with Crippen molar-refractivity contribution in [2.45, 2.75) is 0 Å². The molecule has 0 amide bonds. The molecule has 0 aliphatic heterocycles. The zero-order chi connectivity index (χ0) is 19.0. The third-order valence-corrected chi connectivity index (χ3v) is 4.45. The summed E-state index contributed by atoms with van der Waals surface area (Å²) in [5.41, 5.74) is 6.46. The first kappa shape index (κ1) is 17.6. The highest BCUT2D eigenvalue weighted by atomic mass is 14.1. The van der Waals surface area contributed by atoms with Crippen molar-refractivity contribution in [3.05, 3.63) is 131 Å². The lowest BCUT2D eigenvalue weighted by molar-refractivity contribution is 1.54. The summed E-state index contributed by atoms with van der Waals surface area (Å²) < 4.78 is 0. The van der Waals surface area contributed by atoms with Gasteiger partial charge in [-0.3, -0.25) is 0 Å². The molecule has 0 heterocycles. The van der Waals surface area contributed by atoms with Crippen molar-refractivity contribution < 1.29 is 0 Å². The summed E-state index contributed by atoms with van der Waals surface area (Å²) in [5, 5.41) is 0. The van der Waals surface area contributed by atoms with E-state index in [-0.39, 0.29) is 0 Å². The molecule has 0 heteroatoms. The average Bonchev–Trinajstić information content (AvgIpc) is 2.78. The Bertz CT molecular complexity index is 1130. The number of hydrogen-bond donors (Lipinski definition) is 0. The summed E-state index contributed by atoms with van der Waals surface area (Å²) in [4.78, 5) is 0. The Labute approximate surface area is 166 Å². The van der Waals surface area contributed by atoms with Crippen molar-refractivity contribution in [2.75, 3.05) is 0 Å². The molecular weight excluding hydrogens is 336 g/mol. The highest BCUT2D eigenvalue weighted by molar-refractivity contribution is 5.84. The molecule has 0 spiro atoms. The van der Waals surface area contributed by atoms with Gasteiger partial charge in [-0.15, -0.1) is 0 Å². The Morgan fingerprint density at radius 1 is 0.607 bits per heavy atom. The highest BCUT2D eigenvalue weighted by Crippen LogP contribution is 2.28. The topological polar surface area (TPSA) is 0 Å². The van der Waals surface area contributed by atoms with Crippen LogP contribution in [0.15, 0.2) is 103 Å². The summed E-state index contributed by atoms with van der Waals surface area (Å²) in [5.74, 6) is 6.65. The van der Waals surface area contributed by atoms with Crippen LogP contribution in [0.2, 0.25) is 0 Å². The Kier molecular flexibility index (Phi) is 5.47. The van der Waals surface area contributed by atoms with E-state index in [1.54, 1.807) is 0 Å². The van der Waals surface area contributed by atoms with Crippen molar-refractivity contribution in [3.8, 4) is 23.0 Å². The molecular formula is C28H19. The van der Waals surface area contributed by atoms with E-state index in [1.165, 1.54) is 0 Å². The zero-order valence-corrected chi connectivity index (χ0v) is 15.5. The summed E-state index contributed by atoms with van der Waals surface area (Å²) in [6, 6.07) is 38.2. The fourth-order valence-electron chi connectivity index (χ4n) is 3.07. The predicted molar refractivity (Wildman–Crippen MR) is 119 cm³/mol. The van der Waals surface area contributed by atoms with Crippen LogP contribution >= 0.6 is 0 Å². The van der Waals surface area contributed by atoms with E-state index < -0.39 is 0 Å². The van der Waals surface area contributed by atoms with Crippen LogP contribution in [-0.4, -0.2) is 0 Å². The Morgan fingerprint density at radius 2 is 1.25 bits per heavy atom. The fraction of sp³-hybridized carbons (Fsp3) is 0. The maximum atomic E-state index is 3.39. The first-order valence-corrected chi connectivity index (χ1v) is 9.30. The molecule has 0 fully saturated rings. The van der Waals surface area contributed by atoms with Crippen molar-refractivity contribution in [1.29, 1.82) is 0 Å². The summed E-state index contributed by atoms with van der Waals surface area (Å²) in [6.45, 7) is 0. The molecule has 0 saturated carbocycles. The van der Waals surface area contributed by atoms with Gasteiger partial charge in [-0.25, -0.2) is 0 Å². The molecule has 0 nitrogen and oxygen atoms in total. The number of rotatable bonds is 3. The quantitative estimate of drug-likeness (QED) is 0.282. The largest absolute Gasteiger partial charge is 0.0622 e. The van der Waals surface area contributed by atoms with Crippen molar-refractivity contribution in [2.24, 2.45) is 0 Å². The fourth-order valence-corrected chi connectivity index (χ4v) is 3.07. The van der Waals surface area contributed by atoms with Gasteiger partial charge in [-0.05, 0) is 41.0 Å². The van der Waals surface area contributed by atoms with Crippen LogP contribution in [0.3, 0.4) is 0 Å². The van der Waals surface area contributed by atoms with Crippen molar-refractivity contribution >= 4 is 12.2 Å². The lowest BCUT2D eigenvalue weighted by Crippen LogP contribution is -1.89. The van der Waals surface area contributed by atoms with E-state index in [0.29, 0.717) is 0 Å². The highest BCUT2D eigenvalue weighted by Gasteiger charge is 2.08. The van der Waals surface area contributed by atoms with Crippen LogP contribution in [0, 0.1) is 17.9 Å². The first-order valence-electron chi connectivity index (χ1n) is 9.30. The lowest BCUT2D eigenvalue weighted by Gasteiger charge is -2.09. The first-order chi connectivity index (χ1) is 13.9. The van der Waals surface area contributed by atoms with E-state index in [0.717, 1.165) is 33.4 Å². The monoisotopic (exact) mass is 355 g/mol. The molecule has 28 heavy (non-hydrogen) atoms. The third-order valence-electron chi connectivity index (χ3n) is 4.45. The Hall–Kier alpha value is -3.82. The smallest absolute Gasteiger partial charge is 0.0333 e. The van der Waals surface area contributed by atoms with E-state index in [9.17, 15) is 0 Å². The van der Waals surface area contributed by atoms with Gasteiger partial charge < -0.3 is 0 Å². The molecule has 0 aliphatic rings. The van der Waals surface area contributed by atoms with E-state index in [1.807, 2.05) is 66.7 Å². The van der Waals surface area contributed by atoms with Gasteiger partial charge in [-0.1, -0.05) is 109 Å². The summed E-state index contributed by atoms with van der Waals surface area (Å²) in [6.07, 6.45) is 4.23. The van der Waals surface area contributed by atoms with Crippen LogP contribution in [0.25, 0.3) is 23.3 Å². The second-order valence-electron chi connectivity index (χ2n) is 6.41. The van der Waals surface area contributed by atoms with Gasteiger partial charge in [-0.2, -0.15) is 0 Å². The van der Waals surface area contributed by atoms with Gasteiger partial charge in [0.25, 0.3) is 0 Å². The van der Waals surface area contributed by atoms with E-state index in [2.05, 4.69) is 66.5 Å². The van der Waals surface area contributed by atoms with E-state index in [4.69, 9.17) is 0 Å². The molecule has 0 aromatic heterocycles. The predicted octanol–water partition coefficient (Wildman–Crippen LogP) is 6.72. The molecule has 131 valence electrons. The molecule has 0 atom stereocenters. The molecule has 4 aromatic carbocycles. The molecule has 1 radical (unpaired) electrons. The minimum absolute atomic E-state index is 1.00. The zero-order valence-electron chi connectivity index (χ0n) is 15.5. The Morgan fingerprint density at radius 3 is 1.96 bits per heavy atom. The summed E-state index contributed by atoms with van der Waals surface area (Å²) in [7, 11) is 0. The molecule has 0 N–H and O–H groups in total. The Balaban J connectivity index is 1.81. The van der Waals surface area contributed by atoms with Crippen LogP contribution in [0.4, 0.5) is 0 Å². The minimum atomic E-state index is 1.00. The minimum Gasteiger partial charge on any atom is -0.0622 e. The van der Waals surface area contributed by atoms with Gasteiger partial charge in [0.05, 0.1) is 0 Å². The van der Waals surface area contributed by atoms with Crippen LogP contribution in [0.1, 0.15) is 22.3 Å². The maximum absolute atomic E-state index is 3.39.